The van der Waals surface area contributed by atoms with Gasteiger partial charge in [-0.2, -0.15) is 0 Å². The molecule has 1 aromatic rings. The molecule has 0 radical (unpaired) electrons. The van der Waals surface area contributed by atoms with Crippen molar-refractivity contribution in [3.63, 3.8) is 0 Å². The zero-order valence-corrected chi connectivity index (χ0v) is 6.23. The Morgan fingerprint density at radius 3 is 3.08 bits per heavy atom. The third-order valence-corrected chi connectivity index (χ3v) is 1.01. The number of nitrogens with two attached hydrogens (primary N) is 1. The van der Waals surface area contributed by atoms with E-state index in [0.29, 0.717) is 5.88 Å². The van der Waals surface area contributed by atoms with Gasteiger partial charge in [0.1, 0.15) is 0 Å². The summed E-state index contributed by atoms with van der Waals surface area (Å²) in [5.41, 5.74) is 4.79. The maximum atomic E-state index is 10.2. The predicted molar refractivity (Wildman–Crippen MR) is 40.2 cm³/mol. The molecule has 0 aromatic carbocycles. The molecule has 0 unspecified atom stereocenters. The Morgan fingerprint density at radius 1 is 1.67 bits per heavy atom. The molecule has 1 aromatic heterocycles. The van der Waals surface area contributed by atoms with Crippen molar-refractivity contribution in [1.29, 1.82) is 0 Å². The van der Waals surface area contributed by atoms with Crippen LogP contribution in [0.3, 0.4) is 0 Å². The molecule has 0 bridgehead atoms. The second-order valence-corrected chi connectivity index (χ2v) is 1.87. The summed E-state index contributed by atoms with van der Waals surface area (Å²) in [6.45, 7) is -0.00593. The molecule has 0 spiro atoms. The molecule has 0 saturated heterocycles. The smallest absolute Gasteiger partial charge is 0.314 e. The zero-order valence-electron chi connectivity index (χ0n) is 6.23. The first-order valence-electron chi connectivity index (χ1n) is 3.21. The van der Waals surface area contributed by atoms with Crippen molar-refractivity contribution in [3.05, 3.63) is 18.6 Å². The van der Waals surface area contributed by atoms with E-state index in [2.05, 4.69) is 15.3 Å². The van der Waals surface area contributed by atoms with Gasteiger partial charge in [-0.15, -0.1) is 0 Å². The number of ether oxygens (including phenoxy) is 1. The van der Waals surface area contributed by atoms with Gasteiger partial charge < -0.3 is 15.8 Å². The van der Waals surface area contributed by atoms with E-state index in [4.69, 9.17) is 10.5 Å². The van der Waals surface area contributed by atoms with Crippen molar-refractivity contribution in [1.82, 2.24) is 15.3 Å². The molecule has 1 heterocycles. The summed E-state index contributed by atoms with van der Waals surface area (Å²) in [4.78, 5) is 17.7. The van der Waals surface area contributed by atoms with Gasteiger partial charge in [0.05, 0.1) is 6.20 Å². The molecule has 6 nitrogen and oxygen atoms in total. The Bertz CT molecular complexity index is 251. The molecule has 0 atom stereocenters. The van der Waals surface area contributed by atoms with Gasteiger partial charge in [0.25, 0.3) is 0 Å². The molecule has 64 valence electrons. The van der Waals surface area contributed by atoms with Crippen LogP contribution >= 0.6 is 0 Å². The normalized spacial score (nSPS) is 9.00. The number of aromatic nitrogens is 2. The van der Waals surface area contributed by atoms with E-state index in [1.807, 2.05) is 0 Å². The molecule has 2 amide bonds. The summed E-state index contributed by atoms with van der Waals surface area (Å²) >= 11 is 0. The number of carbonyl (C=O) groups is 1. The average Bonchev–Trinajstić information content (AvgIpc) is 2.05. The van der Waals surface area contributed by atoms with Crippen LogP contribution in [0.1, 0.15) is 0 Å². The summed E-state index contributed by atoms with van der Waals surface area (Å²) in [6, 6.07) is -0.640. The number of primary amides is 1. The van der Waals surface area contributed by atoms with Gasteiger partial charge in [0.15, 0.2) is 6.73 Å². The van der Waals surface area contributed by atoms with Crippen molar-refractivity contribution in [2.75, 3.05) is 6.73 Å². The van der Waals surface area contributed by atoms with Crippen LogP contribution < -0.4 is 15.8 Å². The minimum atomic E-state index is -0.640. The monoisotopic (exact) mass is 168 g/mol. The van der Waals surface area contributed by atoms with Crippen LogP contribution in [0, 0.1) is 0 Å². The lowest BCUT2D eigenvalue weighted by molar-refractivity contribution is 0.229. The molecule has 12 heavy (non-hydrogen) atoms. The van der Waals surface area contributed by atoms with Crippen LogP contribution in [-0.4, -0.2) is 22.7 Å². The molecule has 0 aliphatic heterocycles. The Labute approximate surface area is 68.8 Å². The minimum absolute atomic E-state index is 0.00593. The first-order valence-corrected chi connectivity index (χ1v) is 3.21. The first kappa shape index (κ1) is 8.25. The molecule has 0 aliphatic carbocycles. The number of amides is 2. The van der Waals surface area contributed by atoms with Crippen molar-refractivity contribution in [2.45, 2.75) is 0 Å². The van der Waals surface area contributed by atoms with E-state index < -0.39 is 6.03 Å². The van der Waals surface area contributed by atoms with E-state index in [-0.39, 0.29) is 6.73 Å². The Balaban J connectivity index is 2.29. The second-order valence-electron chi connectivity index (χ2n) is 1.87. The minimum Gasteiger partial charge on any atom is -0.455 e. The van der Waals surface area contributed by atoms with Gasteiger partial charge in [-0.3, -0.25) is 4.98 Å². The van der Waals surface area contributed by atoms with E-state index in [0.717, 1.165) is 0 Å². The highest BCUT2D eigenvalue weighted by Gasteiger charge is 1.93. The Kier molecular flexibility index (Phi) is 2.83. The molecule has 0 saturated carbocycles. The number of hydrogen-bond donors (Lipinski definition) is 2. The summed E-state index contributed by atoms with van der Waals surface area (Å²) in [6.07, 6.45) is 4.44. The lowest BCUT2D eigenvalue weighted by atomic mass is 10.7. The van der Waals surface area contributed by atoms with Crippen LogP contribution in [-0.2, 0) is 0 Å². The molecule has 0 aliphatic rings. The number of nitrogens with zero attached hydrogens (tertiary/aromatic N) is 2. The first-order chi connectivity index (χ1) is 5.79. The number of nitrogens with one attached hydrogen (secondary N) is 1. The van der Waals surface area contributed by atoms with Crippen LogP contribution in [0.2, 0.25) is 0 Å². The molecule has 0 fully saturated rings. The second kappa shape index (κ2) is 4.12. The van der Waals surface area contributed by atoms with Crippen LogP contribution in [0.15, 0.2) is 18.6 Å². The maximum absolute atomic E-state index is 10.2. The standard InChI is InChI=1S/C6H8N4O2/c7-6(11)10-4-12-5-3-8-1-2-9-5/h1-3H,4H2,(H3,7,10,11). The summed E-state index contributed by atoms with van der Waals surface area (Å²) in [5.74, 6) is 0.339. The SMILES string of the molecule is NC(=O)NCOc1cnccn1. The van der Waals surface area contributed by atoms with Gasteiger partial charge in [-0.1, -0.05) is 0 Å². The van der Waals surface area contributed by atoms with Crippen LogP contribution in [0.5, 0.6) is 5.88 Å². The van der Waals surface area contributed by atoms with E-state index >= 15 is 0 Å². The van der Waals surface area contributed by atoms with E-state index in [1.54, 1.807) is 0 Å². The maximum Gasteiger partial charge on any atom is 0.314 e. The van der Waals surface area contributed by atoms with E-state index in [9.17, 15) is 4.79 Å². The lowest BCUT2D eigenvalue weighted by Gasteiger charge is -2.02. The van der Waals surface area contributed by atoms with Gasteiger partial charge in [-0.25, -0.2) is 9.78 Å². The Hall–Kier alpha value is -1.85. The number of hydrogen-bond acceptors (Lipinski definition) is 4. The van der Waals surface area contributed by atoms with Crippen molar-refractivity contribution in [3.8, 4) is 5.88 Å². The highest BCUT2D eigenvalue weighted by atomic mass is 16.5. The number of carbonyl (C=O) groups excluding carboxylic acids is 1. The fraction of sp³-hybridized carbons (Fsp3) is 0.167. The third-order valence-electron chi connectivity index (χ3n) is 1.01. The molecule has 6 heteroatoms. The van der Waals surface area contributed by atoms with Gasteiger partial charge in [-0.05, 0) is 0 Å². The zero-order chi connectivity index (χ0) is 8.81. The fourth-order valence-corrected chi connectivity index (χ4v) is 0.541. The molecule has 1 rings (SSSR count). The fourth-order valence-electron chi connectivity index (χ4n) is 0.541. The quantitative estimate of drug-likeness (QED) is 0.594. The molecular weight excluding hydrogens is 160 g/mol. The highest BCUT2D eigenvalue weighted by molar-refractivity contribution is 5.71. The average molecular weight is 168 g/mol. The van der Waals surface area contributed by atoms with Crippen molar-refractivity contribution in [2.24, 2.45) is 5.73 Å². The molecular formula is C6H8N4O2. The van der Waals surface area contributed by atoms with Crippen LogP contribution in [0.25, 0.3) is 0 Å². The summed E-state index contributed by atoms with van der Waals surface area (Å²) in [5, 5.41) is 2.24. The topological polar surface area (TPSA) is 90.1 Å². The summed E-state index contributed by atoms with van der Waals surface area (Å²) in [7, 11) is 0. The molecule has 3 N–H and O–H groups in total. The highest BCUT2D eigenvalue weighted by Crippen LogP contribution is 1.98. The van der Waals surface area contributed by atoms with Crippen molar-refractivity contribution < 1.29 is 9.53 Å². The predicted octanol–water partition coefficient (Wildman–Crippen LogP) is -0.519. The van der Waals surface area contributed by atoms with Gasteiger partial charge >= 0.3 is 6.03 Å². The van der Waals surface area contributed by atoms with Crippen molar-refractivity contribution >= 4 is 6.03 Å². The Morgan fingerprint density at radius 2 is 2.50 bits per heavy atom. The van der Waals surface area contributed by atoms with E-state index in [1.165, 1.54) is 18.6 Å². The van der Waals surface area contributed by atoms with Gasteiger partial charge in [0, 0.05) is 12.4 Å². The van der Waals surface area contributed by atoms with Gasteiger partial charge in [0.2, 0.25) is 5.88 Å². The largest absolute Gasteiger partial charge is 0.455 e. The number of rotatable bonds is 3. The summed E-state index contributed by atoms with van der Waals surface area (Å²) < 4.78 is 4.93. The number of urea groups is 1. The van der Waals surface area contributed by atoms with Crippen LogP contribution in [0.4, 0.5) is 4.79 Å². The third kappa shape index (κ3) is 2.82. The lowest BCUT2D eigenvalue weighted by Crippen LogP contribution is -2.32.